The molecule has 2 amide bonds. The largest absolute Gasteiger partial charge is 0.427 e. The van der Waals surface area contributed by atoms with Crippen molar-refractivity contribution in [1.29, 1.82) is 0 Å². The number of hydrogen-bond donors (Lipinski definition) is 1. The van der Waals surface area contributed by atoms with E-state index in [0.29, 0.717) is 55.1 Å². The van der Waals surface area contributed by atoms with Gasteiger partial charge in [0.15, 0.2) is 0 Å². The van der Waals surface area contributed by atoms with E-state index in [0.717, 1.165) is 5.56 Å². The van der Waals surface area contributed by atoms with Crippen LogP contribution in [-0.4, -0.2) is 41.8 Å². The van der Waals surface area contributed by atoms with Crippen LogP contribution in [0.4, 0.5) is 0 Å². The van der Waals surface area contributed by atoms with E-state index in [4.69, 9.17) is 16.3 Å². The van der Waals surface area contributed by atoms with Crippen molar-refractivity contribution in [2.24, 2.45) is 0 Å². The molecule has 0 saturated carbocycles. The first-order chi connectivity index (χ1) is 14.4. The maximum Gasteiger partial charge on any atom is 0.308 e. The lowest BCUT2D eigenvalue weighted by molar-refractivity contribution is -0.131. The standard InChI is InChI=1S/C23H25ClN2O4/c1-16(27)30-21-7-3-5-18(15-21)23(29)26-12-10-20(11-13-26)25-22(28)9-8-17-4-2-6-19(24)14-17/h2-7,14-15,20H,8-13H2,1H3,(H,25,28). The molecule has 1 aliphatic rings. The summed E-state index contributed by atoms with van der Waals surface area (Å²) >= 11 is 5.98. The maximum absolute atomic E-state index is 12.7. The monoisotopic (exact) mass is 428 g/mol. The maximum atomic E-state index is 12.7. The number of rotatable bonds is 6. The molecule has 2 aromatic carbocycles. The van der Waals surface area contributed by atoms with E-state index in [9.17, 15) is 14.4 Å². The third-order valence-corrected chi connectivity index (χ3v) is 5.25. The Morgan fingerprint density at radius 3 is 2.53 bits per heavy atom. The van der Waals surface area contributed by atoms with Crippen molar-refractivity contribution in [2.75, 3.05) is 13.1 Å². The third-order valence-electron chi connectivity index (χ3n) is 5.02. The summed E-state index contributed by atoms with van der Waals surface area (Å²) in [6, 6.07) is 14.2. The van der Waals surface area contributed by atoms with E-state index in [1.54, 1.807) is 29.2 Å². The SMILES string of the molecule is CC(=O)Oc1cccc(C(=O)N2CCC(NC(=O)CCc3cccc(Cl)c3)CC2)c1. The Bertz CT molecular complexity index is 923. The van der Waals surface area contributed by atoms with Crippen molar-refractivity contribution in [3.8, 4) is 5.75 Å². The molecule has 7 heteroatoms. The summed E-state index contributed by atoms with van der Waals surface area (Å²) in [6.45, 7) is 2.45. The zero-order valence-corrected chi connectivity index (χ0v) is 17.7. The van der Waals surface area contributed by atoms with Gasteiger partial charge in [-0.05, 0) is 55.2 Å². The van der Waals surface area contributed by atoms with Gasteiger partial charge in [0, 0.05) is 43.1 Å². The van der Waals surface area contributed by atoms with E-state index in [1.165, 1.54) is 6.92 Å². The number of aryl methyl sites for hydroxylation is 1. The summed E-state index contributed by atoms with van der Waals surface area (Å²) in [5.74, 6) is -0.162. The highest BCUT2D eigenvalue weighted by molar-refractivity contribution is 6.30. The number of likely N-dealkylation sites (tertiary alicyclic amines) is 1. The van der Waals surface area contributed by atoms with Crippen LogP contribution in [0, 0.1) is 0 Å². The van der Waals surface area contributed by atoms with Gasteiger partial charge in [0.25, 0.3) is 5.91 Å². The minimum Gasteiger partial charge on any atom is -0.427 e. The highest BCUT2D eigenvalue weighted by Crippen LogP contribution is 2.19. The number of carbonyl (C=O) groups excluding carboxylic acids is 3. The summed E-state index contributed by atoms with van der Waals surface area (Å²) < 4.78 is 5.05. The van der Waals surface area contributed by atoms with Crippen molar-refractivity contribution in [3.63, 3.8) is 0 Å². The predicted octanol–water partition coefficient (Wildman–Crippen LogP) is 3.62. The average Bonchev–Trinajstić information content (AvgIpc) is 2.72. The van der Waals surface area contributed by atoms with Gasteiger partial charge >= 0.3 is 5.97 Å². The van der Waals surface area contributed by atoms with Crippen molar-refractivity contribution >= 4 is 29.4 Å². The Hall–Kier alpha value is -2.86. The van der Waals surface area contributed by atoms with Crippen LogP contribution >= 0.6 is 11.6 Å². The molecule has 0 bridgehead atoms. The molecule has 1 heterocycles. The van der Waals surface area contributed by atoms with Crippen LogP contribution in [0.25, 0.3) is 0 Å². The van der Waals surface area contributed by atoms with Gasteiger partial charge in [-0.1, -0.05) is 29.8 Å². The Balaban J connectivity index is 1.45. The number of piperidine rings is 1. The summed E-state index contributed by atoms with van der Waals surface area (Å²) in [6.07, 6.45) is 2.46. The third kappa shape index (κ3) is 6.32. The van der Waals surface area contributed by atoms with E-state index in [-0.39, 0.29) is 17.9 Å². The van der Waals surface area contributed by atoms with Crippen LogP contribution in [-0.2, 0) is 16.0 Å². The van der Waals surface area contributed by atoms with Gasteiger partial charge in [-0.15, -0.1) is 0 Å². The van der Waals surface area contributed by atoms with Crippen LogP contribution in [0.1, 0.15) is 42.1 Å². The van der Waals surface area contributed by atoms with Crippen molar-refractivity contribution in [2.45, 2.75) is 38.6 Å². The molecule has 30 heavy (non-hydrogen) atoms. The van der Waals surface area contributed by atoms with Gasteiger partial charge in [-0.25, -0.2) is 0 Å². The zero-order chi connectivity index (χ0) is 21.5. The molecular formula is C23H25ClN2O4. The van der Waals surface area contributed by atoms with Gasteiger partial charge in [-0.2, -0.15) is 0 Å². The van der Waals surface area contributed by atoms with E-state index in [2.05, 4.69) is 5.32 Å². The number of nitrogens with one attached hydrogen (secondary N) is 1. The minimum atomic E-state index is -0.425. The number of esters is 1. The van der Waals surface area contributed by atoms with Crippen LogP contribution in [0.15, 0.2) is 48.5 Å². The second kappa shape index (κ2) is 10.3. The number of amides is 2. The molecule has 0 radical (unpaired) electrons. The normalized spacial score (nSPS) is 14.3. The van der Waals surface area contributed by atoms with E-state index < -0.39 is 5.97 Å². The van der Waals surface area contributed by atoms with Gasteiger partial charge in [0.05, 0.1) is 0 Å². The number of carbonyl (C=O) groups is 3. The molecule has 158 valence electrons. The first kappa shape index (κ1) is 21.8. The first-order valence-electron chi connectivity index (χ1n) is 10.0. The van der Waals surface area contributed by atoms with Gasteiger partial charge < -0.3 is 15.0 Å². The van der Waals surface area contributed by atoms with Gasteiger partial charge in [0.1, 0.15) is 5.75 Å². The smallest absolute Gasteiger partial charge is 0.308 e. The molecule has 2 aromatic rings. The molecule has 0 aromatic heterocycles. The molecule has 1 N–H and O–H groups in total. The van der Waals surface area contributed by atoms with Crippen molar-refractivity contribution < 1.29 is 19.1 Å². The second-order valence-corrected chi connectivity index (χ2v) is 7.82. The Morgan fingerprint density at radius 2 is 1.83 bits per heavy atom. The topological polar surface area (TPSA) is 75.7 Å². The summed E-state index contributed by atoms with van der Waals surface area (Å²) in [4.78, 5) is 37.9. The summed E-state index contributed by atoms with van der Waals surface area (Å²) in [5, 5.41) is 3.74. The fourth-order valence-electron chi connectivity index (χ4n) is 3.52. The van der Waals surface area contributed by atoms with Crippen molar-refractivity contribution in [1.82, 2.24) is 10.2 Å². The molecule has 0 aliphatic carbocycles. The molecule has 6 nitrogen and oxygen atoms in total. The quantitative estimate of drug-likeness (QED) is 0.563. The Kier molecular flexibility index (Phi) is 7.46. The zero-order valence-electron chi connectivity index (χ0n) is 16.9. The minimum absolute atomic E-state index is 0.00818. The molecule has 1 fully saturated rings. The lowest BCUT2D eigenvalue weighted by Crippen LogP contribution is -2.46. The second-order valence-electron chi connectivity index (χ2n) is 7.39. The number of benzene rings is 2. The first-order valence-corrected chi connectivity index (χ1v) is 10.4. The van der Waals surface area contributed by atoms with Crippen LogP contribution in [0.2, 0.25) is 5.02 Å². The molecular weight excluding hydrogens is 404 g/mol. The van der Waals surface area contributed by atoms with E-state index in [1.807, 2.05) is 24.3 Å². The molecule has 1 aliphatic heterocycles. The molecule has 1 saturated heterocycles. The predicted molar refractivity (Wildman–Crippen MR) is 115 cm³/mol. The number of hydrogen-bond acceptors (Lipinski definition) is 4. The summed E-state index contributed by atoms with van der Waals surface area (Å²) in [7, 11) is 0. The van der Waals surface area contributed by atoms with Crippen LogP contribution in [0.3, 0.4) is 0 Å². The van der Waals surface area contributed by atoms with Crippen molar-refractivity contribution in [3.05, 3.63) is 64.7 Å². The van der Waals surface area contributed by atoms with Gasteiger partial charge in [-0.3, -0.25) is 14.4 Å². The lowest BCUT2D eigenvalue weighted by atomic mass is 10.0. The van der Waals surface area contributed by atoms with E-state index >= 15 is 0 Å². The Morgan fingerprint density at radius 1 is 1.10 bits per heavy atom. The number of nitrogens with zero attached hydrogens (tertiary/aromatic N) is 1. The fraction of sp³-hybridized carbons (Fsp3) is 0.348. The molecule has 0 unspecified atom stereocenters. The molecule has 3 rings (SSSR count). The highest BCUT2D eigenvalue weighted by atomic mass is 35.5. The van der Waals surface area contributed by atoms with Crippen LogP contribution < -0.4 is 10.1 Å². The summed E-state index contributed by atoms with van der Waals surface area (Å²) in [5.41, 5.74) is 1.52. The number of ether oxygens (including phenoxy) is 1. The highest BCUT2D eigenvalue weighted by Gasteiger charge is 2.24. The number of halogens is 1. The molecule has 0 atom stereocenters. The van der Waals surface area contributed by atoms with Crippen LogP contribution in [0.5, 0.6) is 5.75 Å². The Labute approximate surface area is 181 Å². The molecule has 0 spiro atoms. The van der Waals surface area contributed by atoms with Gasteiger partial charge in [0.2, 0.25) is 5.91 Å². The fourth-order valence-corrected chi connectivity index (χ4v) is 3.73. The average molecular weight is 429 g/mol. The lowest BCUT2D eigenvalue weighted by Gasteiger charge is -2.32.